The molecule has 3 aromatic rings. The fourth-order valence-electron chi connectivity index (χ4n) is 4.37. The van der Waals surface area contributed by atoms with Crippen LogP contribution < -0.4 is 10.6 Å². The number of anilines is 2. The van der Waals surface area contributed by atoms with Gasteiger partial charge in [-0.2, -0.15) is 0 Å². The highest BCUT2D eigenvalue weighted by molar-refractivity contribution is 7.19. The number of thiophene rings is 1. The van der Waals surface area contributed by atoms with E-state index in [4.69, 9.17) is 0 Å². The highest BCUT2D eigenvalue weighted by Gasteiger charge is 2.25. The first kappa shape index (κ1) is 21.9. The normalized spacial score (nSPS) is 17.0. The van der Waals surface area contributed by atoms with Gasteiger partial charge >= 0.3 is 0 Å². The van der Waals surface area contributed by atoms with Gasteiger partial charge in [0.2, 0.25) is 5.91 Å². The van der Waals surface area contributed by atoms with Gasteiger partial charge in [-0.15, -0.1) is 11.3 Å². The SMILES string of the molecule is Cc1cc(Nc2ncnc3sc4c(c23)CCN(C(=O)/C=C/CN2CCNCC2)C4)ccc1F. The number of hydrogen-bond acceptors (Lipinski definition) is 7. The van der Waals surface area contributed by atoms with Gasteiger partial charge in [-0.1, -0.05) is 6.08 Å². The minimum Gasteiger partial charge on any atom is -0.340 e. The van der Waals surface area contributed by atoms with Crippen molar-refractivity contribution in [3.63, 3.8) is 0 Å². The van der Waals surface area contributed by atoms with Crippen LogP contribution in [0, 0.1) is 12.7 Å². The molecular weight excluding hydrogens is 439 g/mol. The standard InChI is InChI=1S/C24H27FN6OS/c1-16-13-17(4-5-19(16)25)29-23-22-18-6-10-31(14-20(18)33-24(22)28-15-27-23)21(32)3-2-9-30-11-7-26-8-12-30/h2-5,13,15,26H,6-12,14H2,1H3,(H,27,28,29)/b3-2+. The van der Waals surface area contributed by atoms with E-state index in [1.165, 1.54) is 11.6 Å². The zero-order valence-electron chi connectivity index (χ0n) is 18.6. The van der Waals surface area contributed by atoms with Crippen molar-refractivity contribution in [3.8, 4) is 0 Å². The van der Waals surface area contributed by atoms with Crippen LogP contribution in [0.4, 0.5) is 15.9 Å². The van der Waals surface area contributed by atoms with Crippen molar-refractivity contribution in [1.82, 2.24) is 25.1 Å². The van der Waals surface area contributed by atoms with Crippen molar-refractivity contribution < 1.29 is 9.18 Å². The maximum Gasteiger partial charge on any atom is 0.246 e. The largest absolute Gasteiger partial charge is 0.340 e. The number of hydrogen-bond donors (Lipinski definition) is 2. The number of carbonyl (C=O) groups excluding carboxylic acids is 1. The van der Waals surface area contributed by atoms with Crippen molar-refractivity contribution in [3.05, 3.63) is 58.5 Å². The van der Waals surface area contributed by atoms with Crippen LogP contribution in [-0.2, 0) is 17.8 Å². The molecule has 5 rings (SSSR count). The number of carbonyl (C=O) groups is 1. The Hall–Kier alpha value is -2.88. The molecule has 2 aliphatic rings. The van der Waals surface area contributed by atoms with E-state index in [1.807, 2.05) is 11.0 Å². The third-order valence-corrected chi connectivity index (χ3v) is 7.33. The van der Waals surface area contributed by atoms with Gasteiger partial charge in [0.15, 0.2) is 0 Å². The third-order valence-electron chi connectivity index (χ3n) is 6.20. The van der Waals surface area contributed by atoms with Crippen molar-refractivity contribution in [2.45, 2.75) is 19.9 Å². The molecule has 1 amide bonds. The fourth-order valence-corrected chi connectivity index (χ4v) is 5.57. The number of nitrogens with one attached hydrogen (secondary N) is 2. The number of halogens is 1. The lowest BCUT2D eigenvalue weighted by Crippen LogP contribution is -2.43. The summed E-state index contributed by atoms with van der Waals surface area (Å²) in [4.78, 5) is 28.0. The van der Waals surface area contributed by atoms with Gasteiger partial charge in [-0.05, 0) is 42.7 Å². The van der Waals surface area contributed by atoms with Crippen molar-refractivity contribution in [1.29, 1.82) is 0 Å². The topological polar surface area (TPSA) is 73.4 Å². The highest BCUT2D eigenvalue weighted by atomic mass is 32.1. The second-order valence-electron chi connectivity index (χ2n) is 8.46. The van der Waals surface area contributed by atoms with E-state index >= 15 is 0 Å². The Bertz CT molecular complexity index is 1200. The van der Waals surface area contributed by atoms with E-state index in [0.29, 0.717) is 18.7 Å². The number of piperazine rings is 1. The summed E-state index contributed by atoms with van der Waals surface area (Å²) in [6, 6.07) is 4.94. The minimum absolute atomic E-state index is 0.0551. The molecule has 0 spiro atoms. The van der Waals surface area contributed by atoms with Gasteiger partial charge in [0.1, 0.15) is 22.8 Å². The Labute approximate surface area is 196 Å². The quantitative estimate of drug-likeness (QED) is 0.563. The predicted octanol–water partition coefficient (Wildman–Crippen LogP) is 3.23. The molecule has 0 atom stereocenters. The zero-order chi connectivity index (χ0) is 22.8. The summed E-state index contributed by atoms with van der Waals surface area (Å²) in [5, 5.41) is 7.67. The third kappa shape index (κ3) is 4.75. The summed E-state index contributed by atoms with van der Waals surface area (Å²) in [5.74, 6) is 0.548. The monoisotopic (exact) mass is 466 g/mol. The van der Waals surface area contributed by atoms with Crippen LogP contribution in [0.1, 0.15) is 16.0 Å². The predicted molar refractivity (Wildman–Crippen MR) is 129 cm³/mol. The first-order valence-electron chi connectivity index (χ1n) is 11.3. The molecule has 4 heterocycles. The van der Waals surface area contributed by atoms with Crippen molar-refractivity contribution >= 4 is 39.0 Å². The van der Waals surface area contributed by atoms with Crippen LogP contribution >= 0.6 is 11.3 Å². The van der Waals surface area contributed by atoms with E-state index in [9.17, 15) is 9.18 Å². The first-order chi connectivity index (χ1) is 16.1. The van der Waals surface area contributed by atoms with Crippen LogP contribution in [0.2, 0.25) is 0 Å². The van der Waals surface area contributed by atoms with Gasteiger partial charge in [0.05, 0.1) is 11.9 Å². The van der Waals surface area contributed by atoms with E-state index in [0.717, 1.165) is 65.7 Å². The smallest absolute Gasteiger partial charge is 0.246 e. The Kier molecular flexibility index (Phi) is 6.34. The number of benzene rings is 1. The second kappa shape index (κ2) is 9.54. The molecule has 2 N–H and O–H groups in total. The molecule has 2 aromatic heterocycles. The minimum atomic E-state index is -0.229. The van der Waals surface area contributed by atoms with Crippen LogP contribution in [0.15, 0.2) is 36.7 Å². The maximum absolute atomic E-state index is 13.6. The molecule has 0 radical (unpaired) electrons. The van der Waals surface area contributed by atoms with Crippen LogP contribution in [0.3, 0.4) is 0 Å². The Balaban J connectivity index is 1.31. The summed E-state index contributed by atoms with van der Waals surface area (Å²) in [5.41, 5.74) is 2.57. The summed E-state index contributed by atoms with van der Waals surface area (Å²) in [6.45, 7) is 7.84. The van der Waals surface area contributed by atoms with Crippen LogP contribution in [0.25, 0.3) is 10.2 Å². The van der Waals surface area contributed by atoms with E-state index in [-0.39, 0.29) is 11.7 Å². The number of amides is 1. The molecule has 1 saturated heterocycles. The molecule has 7 nitrogen and oxygen atoms in total. The molecule has 2 aliphatic heterocycles. The molecule has 172 valence electrons. The number of fused-ring (bicyclic) bond motifs is 3. The average molecular weight is 467 g/mol. The zero-order valence-corrected chi connectivity index (χ0v) is 19.4. The second-order valence-corrected chi connectivity index (χ2v) is 9.54. The number of nitrogens with zero attached hydrogens (tertiary/aromatic N) is 4. The molecule has 9 heteroatoms. The molecule has 0 aliphatic carbocycles. The average Bonchev–Trinajstić information content (AvgIpc) is 3.21. The Morgan fingerprint density at radius 3 is 2.94 bits per heavy atom. The molecule has 0 unspecified atom stereocenters. The summed E-state index contributed by atoms with van der Waals surface area (Å²) in [6.07, 6.45) is 6.00. The van der Waals surface area contributed by atoms with Crippen LogP contribution in [-0.4, -0.2) is 64.9 Å². The molecule has 33 heavy (non-hydrogen) atoms. The lowest BCUT2D eigenvalue weighted by Gasteiger charge is -2.27. The number of aromatic nitrogens is 2. The highest BCUT2D eigenvalue weighted by Crippen LogP contribution is 2.38. The molecule has 1 aromatic carbocycles. The van der Waals surface area contributed by atoms with Crippen LogP contribution in [0.5, 0.6) is 0 Å². The van der Waals surface area contributed by atoms with Crippen molar-refractivity contribution in [2.24, 2.45) is 0 Å². The molecule has 0 bridgehead atoms. The fraction of sp³-hybridized carbons (Fsp3) is 0.375. The van der Waals surface area contributed by atoms with Gasteiger partial charge in [-0.3, -0.25) is 9.69 Å². The molecule has 0 saturated carbocycles. The van der Waals surface area contributed by atoms with Gasteiger partial charge in [0, 0.05) is 55.9 Å². The lowest BCUT2D eigenvalue weighted by atomic mass is 10.0. The summed E-state index contributed by atoms with van der Waals surface area (Å²) in [7, 11) is 0. The summed E-state index contributed by atoms with van der Waals surface area (Å²) < 4.78 is 13.6. The molecule has 1 fully saturated rings. The Morgan fingerprint density at radius 1 is 1.27 bits per heavy atom. The van der Waals surface area contributed by atoms with E-state index in [1.54, 1.807) is 42.8 Å². The number of rotatable bonds is 5. The summed E-state index contributed by atoms with van der Waals surface area (Å²) >= 11 is 1.61. The Morgan fingerprint density at radius 2 is 2.12 bits per heavy atom. The van der Waals surface area contributed by atoms with E-state index in [2.05, 4.69) is 25.5 Å². The van der Waals surface area contributed by atoms with Gasteiger partial charge in [0.25, 0.3) is 0 Å². The first-order valence-corrected chi connectivity index (χ1v) is 12.1. The number of aryl methyl sites for hydroxylation is 1. The maximum atomic E-state index is 13.6. The van der Waals surface area contributed by atoms with Gasteiger partial charge < -0.3 is 15.5 Å². The van der Waals surface area contributed by atoms with Gasteiger partial charge in [-0.25, -0.2) is 14.4 Å². The van der Waals surface area contributed by atoms with E-state index < -0.39 is 0 Å². The van der Waals surface area contributed by atoms with Crippen molar-refractivity contribution in [2.75, 3.05) is 44.6 Å². The molecular formula is C24H27FN6OS. The lowest BCUT2D eigenvalue weighted by molar-refractivity contribution is -0.126.